The molecule has 0 amide bonds. The Morgan fingerprint density at radius 1 is 1.45 bits per heavy atom. The van der Waals surface area contributed by atoms with E-state index in [4.69, 9.17) is 5.11 Å². The first-order valence-corrected chi connectivity index (χ1v) is 7.44. The lowest BCUT2D eigenvalue weighted by atomic mass is 10.3. The third-order valence-corrected chi connectivity index (χ3v) is 4.09. The van der Waals surface area contributed by atoms with Crippen LogP contribution in [0.25, 0.3) is 5.69 Å². The molecule has 20 heavy (non-hydrogen) atoms. The number of hydrogen-bond acceptors (Lipinski definition) is 5. The second kappa shape index (κ2) is 6.50. The van der Waals surface area contributed by atoms with Crippen molar-refractivity contribution >= 4 is 40.3 Å². The molecule has 0 bridgehead atoms. The Kier molecular flexibility index (Phi) is 4.94. The summed E-state index contributed by atoms with van der Waals surface area (Å²) in [5.74, 6) is -1.27. The van der Waals surface area contributed by atoms with Crippen LogP contribution in [0.2, 0.25) is 0 Å². The standard InChI is InChI=1S/C11H9FIN3O3S/c12-6-1-2-8(7(13)3-6)16-9(4-17)14-15-11(16)20-5-10(18)19/h1-3,17H,4-5H2,(H,18,19). The van der Waals surface area contributed by atoms with Crippen molar-refractivity contribution < 1.29 is 19.4 Å². The molecule has 1 aromatic heterocycles. The Morgan fingerprint density at radius 3 is 2.80 bits per heavy atom. The summed E-state index contributed by atoms with van der Waals surface area (Å²) in [5.41, 5.74) is 0.592. The molecule has 0 saturated carbocycles. The van der Waals surface area contributed by atoms with E-state index in [-0.39, 0.29) is 24.0 Å². The Morgan fingerprint density at radius 2 is 2.20 bits per heavy atom. The Bertz CT molecular complexity index is 650. The number of benzene rings is 1. The summed E-state index contributed by atoms with van der Waals surface area (Å²) in [4.78, 5) is 10.6. The predicted molar refractivity (Wildman–Crippen MR) is 78.3 cm³/mol. The average molecular weight is 409 g/mol. The fourth-order valence-corrected chi connectivity index (χ4v) is 2.93. The molecule has 0 radical (unpaired) electrons. The summed E-state index contributed by atoms with van der Waals surface area (Å²) >= 11 is 2.94. The Labute approximate surface area is 131 Å². The first kappa shape index (κ1) is 15.2. The molecular weight excluding hydrogens is 400 g/mol. The van der Waals surface area contributed by atoms with Gasteiger partial charge in [0.2, 0.25) is 0 Å². The van der Waals surface area contributed by atoms with Gasteiger partial charge in [0.15, 0.2) is 11.0 Å². The van der Waals surface area contributed by atoms with Gasteiger partial charge in [-0.05, 0) is 40.8 Å². The summed E-state index contributed by atoms with van der Waals surface area (Å²) < 4.78 is 15.3. The van der Waals surface area contributed by atoms with E-state index in [0.717, 1.165) is 11.8 Å². The quantitative estimate of drug-likeness (QED) is 0.577. The van der Waals surface area contributed by atoms with E-state index < -0.39 is 5.97 Å². The maximum atomic E-state index is 13.1. The monoisotopic (exact) mass is 409 g/mol. The molecule has 0 aliphatic rings. The molecule has 0 aliphatic heterocycles. The minimum atomic E-state index is -0.982. The third-order valence-electron chi connectivity index (χ3n) is 2.32. The number of aromatic nitrogens is 3. The smallest absolute Gasteiger partial charge is 0.313 e. The highest BCUT2D eigenvalue weighted by Crippen LogP contribution is 2.26. The summed E-state index contributed by atoms with van der Waals surface area (Å²) in [6.45, 7) is -0.353. The highest BCUT2D eigenvalue weighted by Gasteiger charge is 2.17. The van der Waals surface area contributed by atoms with E-state index in [0.29, 0.717) is 14.4 Å². The van der Waals surface area contributed by atoms with Crippen LogP contribution in [0.5, 0.6) is 0 Å². The van der Waals surface area contributed by atoms with Crippen LogP contribution >= 0.6 is 34.4 Å². The largest absolute Gasteiger partial charge is 0.481 e. The van der Waals surface area contributed by atoms with Crippen LogP contribution in [0.15, 0.2) is 23.4 Å². The van der Waals surface area contributed by atoms with Crippen LogP contribution in [-0.4, -0.2) is 36.7 Å². The number of hydrogen-bond donors (Lipinski definition) is 2. The molecule has 0 atom stereocenters. The van der Waals surface area contributed by atoms with Crippen molar-refractivity contribution in [2.45, 2.75) is 11.8 Å². The molecule has 106 valence electrons. The van der Waals surface area contributed by atoms with Crippen LogP contribution in [0.1, 0.15) is 5.82 Å². The van der Waals surface area contributed by atoms with Gasteiger partial charge in [0, 0.05) is 3.57 Å². The van der Waals surface area contributed by atoms with Crippen LogP contribution in [0.4, 0.5) is 4.39 Å². The van der Waals surface area contributed by atoms with Gasteiger partial charge in [0.05, 0.1) is 11.4 Å². The Hall–Kier alpha value is -1.20. The lowest BCUT2D eigenvalue weighted by Crippen LogP contribution is -2.06. The van der Waals surface area contributed by atoms with E-state index in [1.165, 1.54) is 22.8 Å². The van der Waals surface area contributed by atoms with E-state index in [9.17, 15) is 14.3 Å². The lowest BCUT2D eigenvalue weighted by molar-refractivity contribution is -0.133. The van der Waals surface area contributed by atoms with Gasteiger partial charge < -0.3 is 10.2 Å². The SMILES string of the molecule is O=C(O)CSc1nnc(CO)n1-c1ccc(F)cc1I. The number of carbonyl (C=O) groups is 1. The summed E-state index contributed by atoms with van der Waals surface area (Å²) in [5, 5.41) is 26.0. The van der Waals surface area contributed by atoms with Crippen molar-refractivity contribution in [3.63, 3.8) is 0 Å². The number of thioether (sulfide) groups is 1. The highest BCUT2D eigenvalue weighted by atomic mass is 127. The zero-order chi connectivity index (χ0) is 14.7. The number of aliphatic hydroxyl groups is 1. The first-order valence-electron chi connectivity index (χ1n) is 5.38. The van der Waals surface area contributed by atoms with Gasteiger partial charge in [-0.3, -0.25) is 9.36 Å². The molecule has 2 rings (SSSR count). The molecule has 2 N–H and O–H groups in total. The summed E-state index contributed by atoms with van der Waals surface area (Å²) in [7, 11) is 0. The maximum absolute atomic E-state index is 13.1. The maximum Gasteiger partial charge on any atom is 0.313 e. The molecular formula is C11H9FIN3O3S. The van der Waals surface area contributed by atoms with Crippen molar-refractivity contribution in [2.75, 3.05) is 5.75 Å². The number of aliphatic carboxylic acids is 1. The summed E-state index contributed by atoms with van der Waals surface area (Å²) in [6, 6.07) is 4.15. The van der Waals surface area contributed by atoms with Crippen molar-refractivity contribution in [3.05, 3.63) is 33.4 Å². The number of nitrogens with zero attached hydrogens (tertiary/aromatic N) is 3. The highest BCUT2D eigenvalue weighted by molar-refractivity contribution is 14.1. The van der Waals surface area contributed by atoms with E-state index in [2.05, 4.69) is 10.2 Å². The zero-order valence-corrected chi connectivity index (χ0v) is 12.9. The molecule has 1 aromatic carbocycles. The van der Waals surface area contributed by atoms with Crippen molar-refractivity contribution in [1.29, 1.82) is 0 Å². The molecule has 2 aromatic rings. The lowest BCUT2D eigenvalue weighted by Gasteiger charge is -2.10. The molecule has 0 spiro atoms. The predicted octanol–water partition coefficient (Wildman–Crippen LogP) is 1.68. The molecule has 0 fully saturated rings. The molecule has 0 saturated heterocycles. The van der Waals surface area contributed by atoms with E-state index >= 15 is 0 Å². The van der Waals surface area contributed by atoms with Gasteiger partial charge in [-0.1, -0.05) is 11.8 Å². The van der Waals surface area contributed by atoms with Crippen molar-refractivity contribution in [1.82, 2.24) is 14.8 Å². The fraction of sp³-hybridized carbons (Fsp3) is 0.182. The third kappa shape index (κ3) is 3.27. The molecule has 1 heterocycles. The second-order valence-electron chi connectivity index (χ2n) is 3.67. The minimum Gasteiger partial charge on any atom is -0.481 e. The molecule has 9 heteroatoms. The molecule has 6 nitrogen and oxygen atoms in total. The topological polar surface area (TPSA) is 88.2 Å². The van der Waals surface area contributed by atoms with Gasteiger partial charge in [-0.25, -0.2) is 4.39 Å². The second-order valence-corrected chi connectivity index (χ2v) is 5.78. The number of carboxylic acid groups (broad SMARTS) is 1. The molecule has 0 unspecified atom stereocenters. The van der Waals surface area contributed by atoms with Gasteiger partial charge >= 0.3 is 5.97 Å². The Balaban J connectivity index is 2.47. The normalized spacial score (nSPS) is 10.8. The van der Waals surface area contributed by atoms with Crippen LogP contribution in [-0.2, 0) is 11.4 Å². The van der Waals surface area contributed by atoms with Gasteiger partial charge in [0.1, 0.15) is 12.4 Å². The minimum absolute atomic E-state index is 0.179. The molecule has 0 aliphatic carbocycles. The van der Waals surface area contributed by atoms with Gasteiger partial charge in [-0.15, -0.1) is 10.2 Å². The van der Waals surface area contributed by atoms with Crippen LogP contribution in [0, 0.1) is 9.39 Å². The fourth-order valence-electron chi connectivity index (χ4n) is 1.53. The van der Waals surface area contributed by atoms with Crippen molar-refractivity contribution in [3.8, 4) is 5.69 Å². The number of rotatable bonds is 5. The first-order chi connectivity index (χ1) is 9.52. The van der Waals surface area contributed by atoms with Gasteiger partial charge in [-0.2, -0.15) is 0 Å². The average Bonchev–Trinajstić information content (AvgIpc) is 2.79. The number of halogens is 2. The van der Waals surface area contributed by atoms with Gasteiger partial charge in [0.25, 0.3) is 0 Å². The van der Waals surface area contributed by atoms with Crippen LogP contribution in [0.3, 0.4) is 0 Å². The number of carboxylic acids is 1. The van der Waals surface area contributed by atoms with Crippen LogP contribution < -0.4 is 0 Å². The summed E-state index contributed by atoms with van der Waals surface area (Å²) in [6.07, 6.45) is 0. The van der Waals surface area contributed by atoms with E-state index in [1.807, 2.05) is 22.6 Å². The van der Waals surface area contributed by atoms with Crippen molar-refractivity contribution in [2.24, 2.45) is 0 Å². The number of aliphatic hydroxyl groups excluding tert-OH is 1. The zero-order valence-electron chi connectivity index (χ0n) is 9.95. The van der Waals surface area contributed by atoms with E-state index in [1.54, 1.807) is 0 Å².